The predicted octanol–water partition coefficient (Wildman–Crippen LogP) is 2.78. The van der Waals surface area contributed by atoms with E-state index < -0.39 is 0 Å². The van der Waals surface area contributed by atoms with Crippen LogP contribution >= 0.6 is 0 Å². The Balaban J connectivity index is 2.08. The SMILES string of the molecule is COc1ccc2c(c1N)CCCC2c1c[nH]c(C)n1. The van der Waals surface area contributed by atoms with Crippen molar-refractivity contribution in [3.05, 3.63) is 41.0 Å². The summed E-state index contributed by atoms with van der Waals surface area (Å²) in [5.74, 6) is 2.09. The van der Waals surface area contributed by atoms with Gasteiger partial charge in [-0.25, -0.2) is 4.98 Å². The molecule has 0 saturated heterocycles. The molecule has 100 valence electrons. The minimum absolute atomic E-state index is 0.349. The van der Waals surface area contributed by atoms with Gasteiger partial charge < -0.3 is 15.5 Å². The quantitative estimate of drug-likeness (QED) is 0.813. The lowest BCUT2D eigenvalue weighted by Gasteiger charge is -2.26. The number of benzene rings is 1. The second-order valence-electron chi connectivity index (χ2n) is 5.10. The number of fused-ring (bicyclic) bond motifs is 1. The van der Waals surface area contributed by atoms with Gasteiger partial charge in [-0.3, -0.25) is 0 Å². The first-order valence-corrected chi connectivity index (χ1v) is 6.68. The Bertz CT molecular complexity index is 603. The third-order valence-corrected chi connectivity index (χ3v) is 3.95. The van der Waals surface area contributed by atoms with Crippen molar-refractivity contribution >= 4 is 5.69 Å². The van der Waals surface area contributed by atoms with Crippen LogP contribution in [0.5, 0.6) is 5.75 Å². The first kappa shape index (κ1) is 12.1. The molecular formula is C15H19N3O. The van der Waals surface area contributed by atoms with E-state index in [1.165, 1.54) is 11.1 Å². The van der Waals surface area contributed by atoms with Crippen LogP contribution in [0, 0.1) is 6.92 Å². The lowest BCUT2D eigenvalue weighted by Crippen LogP contribution is -2.14. The first-order valence-electron chi connectivity index (χ1n) is 6.68. The Hall–Kier alpha value is -1.97. The zero-order valence-corrected chi connectivity index (χ0v) is 11.4. The number of aryl methyl sites for hydroxylation is 1. The summed E-state index contributed by atoms with van der Waals surface area (Å²) >= 11 is 0. The van der Waals surface area contributed by atoms with Gasteiger partial charge in [0, 0.05) is 12.1 Å². The van der Waals surface area contributed by atoms with E-state index in [1.807, 2.05) is 19.2 Å². The summed E-state index contributed by atoms with van der Waals surface area (Å²) in [6.07, 6.45) is 5.30. The second-order valence-corrected chi connectivity index (χ2v) is 5.10. The molecule has 1 heterocycles. The van der Waals surface area contributed by atoms with Gasteiger partial charge in [-0.2, -0.15) is 0 Å². The van der Waals surface area contributed by atoms with E-state index >= 15 is 0 Å². The number of imidazole rings is 1. The van der Waals surface area contributed by atoms with Crippen molar-refractivity contribution in [2.24, 2.45) is 0 Å². The number of anilines is 1. The lowest BCUT2D eigenvalue weighted by atomic mass is 9.80. The van der Waals surface area contributed by atoms with Crippen LogP contribution in [0.2, 0.25) is 0 Å². The van der Waals surface area contributed by atoms with E-state index in [0.29, 0.717) is 5.92 Å². The fraction of sp³-hybridized carbons (Fsp3) is 0.400. The maximum Gasteiger partial charge on any atom is 0.142 e. The Morgan fingerprint density at radius 1 is 1.42 bits per heavy atom. The number of methoxy groups -OCH3 is 1. The zero-order valence-electron chi connectivity index (χ0n) is 11.4. The number of hydrogen-bond acceptors (Lipinski definition) is 3. The molecule has 1 atom stereocenters. The molecule has 1 aliphatic rings. The van der Waals surface area contributed by atoms with E-state index in [1.54, 1.807) is 7.11 Å². The molecule has 0 bridgehead atoms. The number of aromatic nitrogens is 2. The summed E-state index contributed by atoms with van der Waals surface area (Å²) in [7, 11) is 1.66. The lowest BCUT2D eigenvalue weighted by molar-refractivity contribution is 0.415. The fourth-order valence-electron chi connectivity index (χ4n) is 3.00. The average molecular weight is 257 g/mol. The second kappa shape index (κ2) is 4.61. The van der Waals surface area contributed by atoms with Gasteiger partial charge in [0.25, 0.3) is 0 Å². The number of hydrogen-bond donors (Lipinski definition) is 2. The van der Waals surface area contributed by atoms with Gasteiger partial charge in [0.2, 0.25) is 0 Å². The van der Waals surface area contributed by atoms with Gasteiger partial charge in [0.05, 0.1) is 18.5 Å². The summed E-state index contributed by atoms with van der Waals surface area (Å²) in [4.78, 5) is 7.74. The molecule has 0 radical (unpaired) electrons. The first-order chi connectivity index (χ1) is 9.20. The molecule has 4 nitrogen and oxygen atoms in total. The number of aromatic amines is 1. The third kappa shape index (κ3) is 1.97. The van der Waals surface area contributed by atoms with Crippen molar-refractivity contribution < 1.29 is 4.74 Å². The molecule has 0 spiro atoms. The summed E-state index contributed by atoms with van der Waals surface area (Å²) in [6.45, 7) is 1.98. The number of rotatable bonds is 2. The summed E-state index contributed by atoms with van der Waals surface area (Å²) < 4.78 is 5.31. The maximum absolute atomic E-state index is 6.21. The maximum atomic E-state index is 6.21. The minimum atomic E-state index is 0.349. The molecule has 19 heavy (non-hydrogen) atoms. The van der Waals surface area contributed by atoms with Gasteiger partial charge in [-0.15, -0.1) is 0 Å². The Morgan fingerprint density at radius 2 is 2.26 bits per heavy atom. The van der Waals surface area contributed by atoms with Crippen LogP contribution in [-0.2, 0) is 6.42 Å². The molecule has 1 aromatic heterocycles. The molecule has 1 aromatic carbocycles. The number of H-pyrrole nitrogens is 1. The fourth-order valence-corrected chi connectivity index (χ4v) is 3.00. The van der Waals surface area contributed by atoms with E-state index in [2.05, 4.69) is 16.0 Å². The van der Waals surface area contributed by atoms with Crippen LogP contribution in [0.1, 0.15) is 41.4 Å². The van der Waals surface area contributed by atoms with Crippen molar-refractivity contribution in [1.82, 2.24) is 9.97 Å². The van der Waals surface area contributed by atoms with E-state index in [4.69, 9.17) is 10.5 Å². The number of nitrogen functional groups attached to an aromatic ring is 1. The zero-order chi connectivity index (χ0) is 13.4. The van der Waals surface area contributed by atoms with Crippen molar-refractivity contribution in [3.63, 3.8) is 0 Å². The van der Waals surface area contributed by atoms with Gasteiger partial charge in [-0.1, -0.05) is 6.07 Å². The molecule has 3 rings (SSSR count). The summed E-state index contributed by atoms with van der Waals surface area (Å²) in [5, 5.41) is 0. The normalized spacial score (nSPS) is 18.1. The van der Waals surface area contributed by atoms with Gasteiger partial charge >= 0.3 is 0 Å². The number of nitrogens with two attached hydrogens (primary N) is 1. The highest BCUT2D eigenvalue weighted by molar-refractivity contribution is 5.63. The van der Waals surface area contributed by atoms with Gasteiger partial charge in [-0.05, 0) is 43.4 Å². The molecule has 0 fully saturated rings. The average Bonchev–Trinajstić information content (AvgIpc) is 2.85. The largest absolute Gasteiger partial charge is 0.495 e. The van der Waals surface area contributed by atoms with E-state index in [0.717, 1.165) is 42.2 Å². The smallest absolute Gasteiger partial charge is 0.142 e. The molecule has 1 aliphatic carbocycles. The van der Waals surface area contributed by atoms with Crippen molar-refractivity contribution in [3.8, 4) is 5.75 Å². The highest BCUT2D eigenvalue weighted by Crippen LogP contribution is 2.41. The van der Waals surface area contributed by atoms with Crippen LogP contribution in [0.4, 0.5) is 5.69 Å². The Labute approximate surface area is 113 Å². The molecule has 0 amide bonds. The van der Waals surface area contributed by atoms with Crippen LogP contribution in [-0.4, -0.2) is 17.1 Å². The van der Waals surface area contributed by atoms with Crippen molar-refractivity contribution in [2.45, 2.75) is 32.1 Å². The van der Waals surface area contributed by atoms with Crippen LogP contribution in [0.15, 0.2) is 18.3 Å². The molecule has 1 unspecified atom stereocenters. The molecular weight excluding hydrogens is 238 g/mol. The Morgan fingerprint density at radius 3 is 2.95 bits per heavy atom. The number of nitrogens with zero attached hydrogens (tertiary/aromatic N) is 1. The van der Waals surface area contributed by atoms with Crippen LogP contribution in [0.25, 0.3) is 0 Å². The molecule has 4 heteroatoms. The molecule has 0 saturated carbocycles. The molecule has 3 N–H and O–H groups in total. The summed E-state index contributed by atoms with van der Waals surface area (Å²) in [5.41, 5.74) is 10.6. The van der Waals surface area contributed by atoms with E-state index in [9.17, 15) is 0 Å². The van der Waals surface area contributed by atoms with Crippen LogP contribution in [0.3, 0.4) is 0 Å². The predicted molar refractivity (Wildman–Crippen MR) is 75.5 cm³/mol. The highest BCUT2D eigenvalue weighted by atomic mass is 16.5. The highest BCUT2D eigenvalue weighted by Gasteiger charge is 2.26. The minimum Gasteiger partial charge on any atom is -0.495 e. The van der Waals surface area contributed by atoms with Crippen molar-refractivity contribution in [1.29, 1.82) is 0 Å². The number of ether oxygens (including phenoxy) is 1. The van der Waals surface area contributed by atoms with E-state index in [-0.39, 0.29) is 0 Å². The molecule has 0 aliphatic heterocycles. The third-order valence-electron chi connectivity index (χ3n) is 3.95. The Kier molecular flexibility index (Phi) is 2.93. The van der Waals surface area contributed by atoms with Crippen molar-refractivity contribution in [2.75, 3.05) is 12.8 Å². The van der Waals surface area contributed by atoms with Gasteiger partial charge in [0.15, 0.2) is 0 Å². The summed E-state index contributed by atoms with van der Waals surface area (Å²) in [6, 6.07) is 4.10. The van der Waals surface area contributed by atoms with Crippen LogP contribution < -0.4 is 10.5 Å². The standard InChI is InChI=1S/C15H19N3O/c1-9-17-8-13(18-9)11-4-3-5-12-10(11)6-7-14(19-2)15(12)16/h6-8,11H,3-5,16H2,1-2H3,(H,17,18). The van der Waals surface area contributed by atoms with Gasteiger partial charge in [0.1, 0.15) is 11.6 Å². The topological polar surface area (TPSA) is 63.9 Å². The monoisotopic (exact) mass is 257 g/mol. The number of nitrogens with one attached hydrogen (secondary N) is 1. The molecule has 2 aromatic rings.